The average molecular weight is 229 g/mol. The molecular weight excluding hydrogens is 210 g/mol. The van der Waals surface area contributed by atoms with E-state index in [9.17, 15) is 0 Å². The Morgan fingerprint density at radius 3 is 2.53 bits per heavy atom. The second kappa shape index (κ2) is 4.62. The Labute approximate surface area is 102 Å². The van der Waals surface area contributed by atoms with Gasteiger partial charge in [0, 0.05) is 19.8 Å². The summed E-state index contributed by atoms with van der Waals surface area (Å²) in [5, 5.41) is 7.72. The summed E-state index contributed by atoms with van der Waals surface area (Å²) in [6.45, 7) is 7.14. The Hall–Kier alpha value is -1.77. The highest BCUT2D eigenvalue weighted by molar-refractivity contribution is 5.46. The molecule has 0 saturated heterocycles. The van der Waals surface area contributed by atoms with Gasteiger partial charge in [0.1, 0.15) is 0 Å². The molecule has 3 nitrogen and oxygen atoms in total. The van der Waals surface area contributed by atoms with Crippen LogP contribution in [-0.4, -0.2) is 9.78 Å². The summed E-state index contributed by atoms with van der Waals surface area (Å²) >= 11 is 0. The van der Waals surface area contributed by atoms with E-state index in [2.05, 4.69) is 42.5 Å². The van der Waals surface area contributed by atoms with E-state index in [1.54, 1.807) is 0 Å². The van der Waals surface area contributed by atoms with Crippen molar-refractivity contribution in [1.82, 2.24) is 9.78 Å². The Morgan fingerprint density at radius 2 is 1.94 bits per heavy atom. The first-order valence-electron chi connectivity index (χ1n) is 5.86. The Bertz CT molecular complexity index is 526. The lowest BCUT2D eigenvalue weighted by Gasteiger charge is -2.07. The lowest BCUT2D eigenvalue weighted by atomic mass is 10.1. The predicted molar refractivity (Wildman–Crippen MR) is 71.2 cm³/mol. The maximum atomic E-state index is 4.31. The summed E-state index contributed by atoms with van der Waals surface area (Å²) in [6.07, 6.45) is 2.01. The second-order valence-corrected chi connectivity index (χ2v) is 4.57. The molecule has 0 aliphatic carbocycles. The third-order valence-corrected chi connectivity index (χ3v) is 3.07. The van der Waals surface area contributed by atoms with Gasteiger partial charge in [-0.25, -0.2) is 0 Å². The van der Waals surface area contributed by atoms with Crippen LogP contribution in [0.5, 0.6) is 0 Å². The van der Waals surface area contributed by atoms with Gasteiger partial charge in [-0.2, -0.15) is 5.10 Å². The number of anilines is 1. The standard InChI is InChI=1S/C14H19N3/c1-10-5-6-13(7-11(10)2)8-15-14-9-17(4)16-12(14)3/h5-7,9,15H,8H2,1-4H3. The van der Waals surface area contributed by atoms with Crippen molar-refractivity contribution in [1.29, 1.82) is 0 Å². The zero-order valence-electron chi connectivity index (χ0n) is 10.9. The molecule has 0 radical (unpaired) electrons. The minimum atomic E-state index is 0.841. The Kier molecular flexibility index (Phi) is 3.18. The van der Waals surface area contributed by atoms with E-state index in [4.69, 9.17) is 0 Å². The number of nitrogens with one attached hydrogen (secondary N) is 1. The number of aryl methyl sites for hydroxylation is 4. The van der Waals surface area contributed by atoms with E-state index >= 15 is 0 Å². The summed E-state index contributed by atoms with van der Waals surface area (Å²) in [5.74, 6) is 0. The molecule has 17 heavy (non-hydrogen) atoms. The molecule has 3 heteroatoms. The fraction of sp³-hybridized carbons (Fsp3) is 0.357. The molecule has 0 fully saturated rings. The topological polar surface area (TPSA) is 29.9 Å². The van der Waals surface area contributed by atoms with Gasteiger partial charge in [-0.05, 0) is 37.5 Å². The second-order valence-electron chi connectivity index (χ2n) is 4.57. The van der Waals surface area contributed by atoms with Crippen molar-refractivity contribution in [3.05, 3.63) is 46.8 Å². The van der Waals surface area contributed by atoms with Gasteiger partial charge < -0.3 is 5.32 Å². The monoisotopic (exact) mass is 229 g/mol. The highest BCUT2D eigenvalue weighted by Crippen LogP contribution is 2.15. The fourth-order valence-electron chi connectivity index (χ4n) is 1.88. The third-order valence-electron chi connectivity index (χ3n) is 3.07. The van der Waals surface area contributed by atoms with Crippen LogP contribution in [0.15, 0.2) is 24.4 Å². The molecule has 0 unspecified atom stereocenters. The van der Waals surface area contributed by atoms with Gasteiger partial charge in [0.05, 0.1) is 11.4 Å². The number of nitrogens with zero attached hydrogens (tertiary/aromatic N) is 2. The summed E-state index contributed by atoms with van der Waals surface area (Å²) < 4.78 is 1.83. The molecule has 0 saturated carbocycles. The first-order valence-corrected chi connectivity index (χ1v) is 5.86. The maximum absolute atomic E-state index is 4.31. The minimum Gasteiger partial charge on any atom is -0.378 e. The van der Waals surface area contributed by atoms with Crippen LogP contribution in [0.25, 0.3) is 0 Å². The van der Waals surface area contributed by atoms with Crippen LogP contribution in [0, 0.1) is 20.8 Å². The zero-order valence-corrected chi connectivity index (χ0v) is 10.9. The molecule has 1 N–H and O–H groups in total. The van der Waals surface area contributed by atoms with E-state index in [1.807, 2.05) is 24.9 Å². The first-order chi connectivity index (χ1) is 8.06. The van der Waals surface area contributed by atoms with Crippen LogP contribution < -0.4 is 5.32 Å². The maximum Gasteiger partial charge on any atom is 0.0825 e. The lowest BCUT2D eigenvalue weighted by Crippen LogP contribution is -2.00. The third kappa shape index (κ3) is 2.67. The fourth-order valence-corrected chi connectivity index (χ4v) is 1.88. The van der Waals surface area contributed by atoms with Crippen molar-refractivity contribution in [2.75, 3.05) is 5.32 Å². The van der Waals surface area contributed by atoms with Crippen LogP contribution in [0.2, 0.25) is 0 Å². The minimum absolute atomic E-state index is 0.841. The molecule has 1 aromatic heterocycles. The van der Waals surface area contributed by atoms with Gasteiger partial charge in [-0.15, -0.1) is 0 Å². The largest absolute Gasteiger partial charge is 0.378 e. The summed E-state index contributed by atoms with van der Waals surface area (Å²) in [4.78, 5) is 0. The van der Waals surface area contributed by atoms with Gasteiger partial charge in [0.2, 0.25) is 0 Å². The van der Waals surface area contributed by atoms with Gasteiger partial charge in [0.25, 0.3) is 0 Å². The lowest BCUT2D eigenvalue weighted by molar-refractivity contribution is 0.756. The summed E-state index contributed by atoms with van der Waals surface area (Å²) in [5.41, 5.74) is 6.12. The predicted octanol–water partition coefficient (Wildman–Crippen LogP) is 2.96. The molecule has 0 aliphatic heterocycles. The smallest absolute Gasteiger partial charge is 0.0825 e. The molecule has 2 aromatic rings. The van der Waals surface area contributed by atoms with Crippen molar-refractivity contribution < 1.29 is 0 Å². The van der Waals surface area contributed by atoms with Crippen LogP contribution in [0.3, 0.4) is 0 Å². The van der Waals surface area contributed by atoms with Gasteiger partial charge in [0.15, 0.2) is 0 Å². The molecule has 1 heterocycles. The highest BCUT2D eigenvalue weighted by Gasteiger charge is 2.02. The zero-order chi connectivity index (χ0) is 12.4. The van der Waals surface area contributed by atoms with Crippen molar-refractivity contribution in [3.8, 4) is 0 Å². The van der Waals surface area contributed by atoms with Crippen LogP contribution in [0.1, 0.15) is 22.4 Å². The Balaban J connectivity index is 2.07. The molecular formula is C14H19N3. The summed E-state index contributed by atoms with van der Waals surface area (Å²) in [6, 6.07) is 6.57. The highest BCUT2D eigenvalue weighted by atomic mass is 15.3. The quantitative estimate of drug-likeness (QED) is 0.877. The number of hydrogen-bond acceptors (Lipinski definition) is 2. The average Bonchev–Trinajstić information content (AvgIpc) is 2.59. The Morgan fingerprint density at radius 1 is 1.18 bits per heavy atom. The van der Waals surface area contributed by atoms with Crippen molar-refractivity contribution in [3.63, 3.8) is 0 Å². The van der Waals surface area contributed by atoms with Crippen molar-refractivity contribution in [2.24, 2.45) is 7.05 Å². The van der Waals surface area contributed by atoms with E-state index in [-0.39, 0.29) is 0 Å². The van der Waals surface area contributed by atoms with Crippen molar-refractivity contribution >= 4 is 5.69 Å². The number of hydrogen-bond donors (Lipinski definition) is 1. The molecule has 0 spiro atoms. The summed E-state index contributed by atoms with van der Waals surface area (Å²) in [7, 11) is 1.94. The molecule has 1 aromatic carbocycles. The van der Waals surface area contributed by atoms with Gasteiger partial charge >= 0.3 is 0 Å². The number of aromatic nitrogens is 2. The van der Waals surface area contributed by atoms with E-state index in [0.29, 0.717) is 0 Å². The van der Waals surface area contributed by atoms with Gasteiger partial charge in [-0.1, -0.05) is 18.2 Å². The molecule has 0 aliphatic rings. The van der Waals surface area contributed by atoms with Crippen molar-refractivity contribution in [2.45, 2.75) is 27.3 Å². The van der Waals surface area contributed by atoms with E-state index in [1.165, 1.54) is 16.7 Å². The first kappa shape index (κ1) is 11.7. The molecule has 0 bridgehead atoms. The molecule has 2 rings (SSSR count). The number of benzene rings is 1. The SMILES string of the molecule is Cc1ccc(CNc2cn(C)nc2C)cc1C. The molecule has 0 amide bonds. The normalized spacial score (nSPS) is 10.6. The van der Waals surface area contributed by atoms with E-state index < -0.39 is 0 Å². The molecule has 90 valence electrons. The van der Waals surface area contributed by atoms with E-state index in [0.717, 1.165) is 17.9 Å². The van der Waals surface area contributed by atoms with Crippen LogP contribution in [-0.2, 0) is 13.6 Å². The van der Waals surface area contributed by atoms with Crippen LogP contribution >= 0.6 is 0 Å². The molecule has 0 atom stereocenters. The number of rotatable bonds is 3. The van der Waals surface area contributed by atoms with Crippen LogP contribution in [0.4, 0.5) is 5.69 Å². The van der Waals surface area contributed by atoms with Gasteiger partial charge in [-0.3, -0.25) is 4.68 Å².